The highest BCUT2D eigenvalue weighted by atomic mass is 16.2. The van der Waals surface area contributed by atoms with E-state index >= 15 is 0 Å². The molecule has 0 aromatic heterocycles. The van der Waals surface area contributed by atoms with Crippen LogP contribution in [0.3, 0.4) is 0 Å². The zero-order valence-electron chi connectivity index (χ0n) is 15.8. The van der Waals surface area contributed by atoms with Gasteiger partial charge in [-0.05, 0) is 61.3 Å². The number of benzene rings is 1. The number of imide groups is 1. The van der Waals surface area contributed by atoms with Gasteiger partial charge in [-0.3, -0.25) is 14.4 Å². The molecule has 0 spiro atoms. The molecular weight excluding hydrogens is 352 g/mol. The van der Waals surface area contributed by atoms with Gasteiger partial charge < -0.3 is 4.90 Å². The number of anilines is 1. The lowest BCUT2D eigenvalue weighted by molar-refractivity contribution is -0.127. The number of piperidine rings is 1. The summed E-state index contributed by atoms with van der Waals surface area (Å²) in [4.78, 5) is 41.5. The normalized spacial score (nSPS) is 31.3. The van der Waals surface area contributed by atoms with Crippen LogP contribution in [0.1, 0.15) is 31.2 Å². The molecule has 2 heterocycles. The molecule has 0 N–H and O–H groups in total. The molecule has 4 atom stereocenters. The van der Waals surface area contributed by atoms with Crippen molar-refractivity contribution in [2.75, 3.05) is 18.0 Å². The van der Waals surface area contributed by atoms with Gasteiger partial charge in [-0.25, -0.2) is 4.90 Å². The molecule has 5 rings (SSSR count). The van der Waals surface area contributed by atoms with Crippen LogP contribution < -0.4 is 4.90 Å². The summed E-state index contributed by atoms with van der Waals surface area (Å²) in [7, 11) is 0. The summed E-state index contributed by atoms with van der Waals surface area (Å²) in [5.74, 6) is -0.0847. The van der Waals surface area contributed by atoms with E-state index in [1.807, 2.05) is 23.1 Å². The second kappa shape index (κ2) is 6.73. The van der Waals surface area contributed by atoms with E-state index in [4.69, 9.17) is 0 Å². The molecule has 0 unspecified atom stereocenters. The Balaban J connectivity index is 1.35. The fourth-order valence-corrected chi connectivity index (χ4v) is 5.31. The van der Waals surface area contributed by atoms with E-state index in [0.29, 0.717) is 5.69 Å². The van der Waals surface area contributed by atoms with Crippen LogP contribution in [0.2, 0.25) is 0 Å². The van der Waals surface area contributed by atoms with Crippen molar-refractivity contribution >= 4 is 29.5 Å². The summed E-state index contributed by atoms with van der Waals surface area (Å²) in [5, 5.41) is 0. The average molecular weight is 376 g/mol. The minimum atomic E-state index is -0.192. The Hall–Kier alpha value is -2.69. The van der Waals surface area contributed by atoms with Gasteiger partial charge >= 0.3 is 0 Å². The minimum Gasteiger partial charge on any atom is -0.339 e. The smallest absolute Gasteiger partial charge is 0.246 e. The number of nitrogens with zero attached hydrogens (tertiary/aromatic N) is 2. The minimum absolute atomic E-state index is 0.0237. The first kappa shape index (κ1) is 17.4. The van der Waals surface area contributed by atoms with Crippen LogP contribution in [-0.2, 0) is 14.4 Å². The summed E-state index contributed by atoms with van der Waals surface area (Å²) in [6, 6.07) is 7.35. The van der Waals surface area contributed by atoms with E-state index in [2.05, 4.69) is 12.2 Å². The molecule has 2 saturated heterocycles. The van der Waals surface area contributed by atoms with Gasteiger partial charge in [-0.15, -0.1) is 0 Å². The largest absolute Gasteiger partial charge is 0.339 e. The maximum atomic E-state index is 13.0. The number of likely N-dealkylation sites (tertiary alicyclic amines) is 1. The maximum Gasteiger partial charge on any atom is 0.246 e. The highest BCUT2D eigenvalue weighted by Gasteiger charge is 2.59. The Labute approximate surface area is 164 Å². The fourth-order valence-electron chi connectivity index (χ4n) is 5.31. The van der Waals surface area contributed by atoms with Gasteiger partial charge in [0.25, 0.3) is 0 Å². The zero-order valence-corrected chi connectivity index (χ0v) is 15.8. The van der Waals surface area contributed by atoms with Crippen molar-refractivity contribution in [2.24, 2.45) is 23.7 Å². The first-order valence-corrected chi connectivity index (χ1v) is 10.3. The SMILES string of the molecule is O=C(/C=C/c1cccc(N2C(=O)[C@H]3[C@H](C2=O)[C@@H]2C=C[C@@H]3C2)c1)N1CCCCC1. The third-order valence-corrected chi connectivity index (χ3v) is 6.68. The third kappa shape index (κ3) is 2.72. The van der Waals surface area contributed by atoms with Gasteiger partial charge in [0.05, 0.1) is 17.5 Å². The Kier molecular flexibility index (Phi) is 4.18. The van der Waals surface area contributed by atoms with Crippen LogP contribution in [0.15, 0.2) is 42.5 Å². The molecule has 0 radical (unpaired) electrons. The summed E-state index contributed by atoms with van der Waals surface area (Å²) in [6.45, 7) is 1.64. The predicted octanol–water partition coefficient (Wildman–Crippen LogP) is 3.02. The monoisotopic (exact) mass is 376 g/mol. The molecule has 2 aliphatic carbocycles. The molecule has 144 valence electrons. The number of hydrogen-bond donors (Lipinski definition) is 0. The van der Waals surface area contributed by atoms with Crippen LogP contribution in [0.5, 0.6) is 0 Å². The first-order valence-electron chi connectivity index (χ1n) is 10.3. The van der Waals surface area contributed by atoms with Gasteiger partial charge in [0, 0.05) is 19.2 Å². The van der Waals surface area contributed by atoms with Gasteiger partial charge in [-0.1, -0.05) is 24.3 Å². The molecule has 2 aliphatic heterocycles. The van der Waals surface area contributed by atoms with Crippen molar-refractivity contribution in [3.8, 4) is 0 Å². The van der Waals surface area contributed by atoms with Gasteiger partial charge in [0.2, 0.25) is 17.7 Å². The van der Waals surface area contributed by atoms with E-state index in [9.17, 15) is 14.4 Å². The third-order valence-electron chi connectivity index (χ3n) is 6.68. The number of allylic oxidation sites excluding steroid dienone is 2. The van der Waals surface area contributed by atoms with E-state index in [1.54, 1.807) is 18.2 Å². The summed E-state index contributed by atoms with van der Waals surface area (Å²) in [5.41, 5.74) is 1.43. The molecule has 4 aliphatic rings. The highest BCUT2D eigenvalue weighted by molar-refractivity contribution is 6.22. The van der Waals surface area contributed by atoms with Crippen LogP contribution in [-0.4, -0.2) is 35.7 Å². The molecule has 1 saturated carbocycles. The van der Waals surface area contributed by atoms with Crippen LogP contribution in [0, 0.1) is 23.7 Å². The number of carbonyl (C=O) groups is 3. The molecule has 3 fully saturated rings. The zero-order chi connectivity index (χ0) is 19.3. The molecular formula is C23H24N2O3. The summed E-state index contributed by atoms with van der Waals surface area (Å²) < 4.78 is 0. The maximum absolute atomic E-state index is 13.0. The number of hydrogen-bond acceptors (Lipinski definition) is 3. The lowest BCUT2D eigenvalue weighted by Gasteiger charge is -2.25. The Bertz CT molecular complexity index is 867. The Morgan fingerprint density at radius 3 is 2.32 bits per heavy atom. The highest BCUT2D eigenvalue weighted by Crippen LogP contribution is 2.53. The molecule has 5 nitrogen and oxygen atoms in total. The van der Waals surface area contributed by atoms with Crippen LogP contribution in [0.25, 0.3) is 6.08 Å². The standard InChI is InChI=1S/C23H24N2O3/c26-19(24-11-2-1-3-12-24)10-7-15-5-4-6-18(13-15)25-22(27)20-16-8-9-17(14-16)21(20)23(25)28/h4-10,13,16-17,20-21H,1-3,11-12,14H2/b10-7+/t16-,17-,20-,21-/m1/s1. The number of rotatable bonds is 3. The number of amides is 3. The van der Waals surface area contributed by atoms with Gasteiger partial charge in [0.1, 0.15) is 0 Å². The van der Waals surface area contributed by atoms with Gasteiger partial charge in [-0.2, -0.15) is 0 Å². The van der Waals surface area contributed by atoms with Crippen molar-refractivity contribution in [2.45, 2.75) is 25.7 Å². The lowest BCUT2D eigenvalue weighted by atomic mass is 9.85. The Morgan fingerprint density at radius 2 is 1.64 bits per heavy atom. The second-order valence-electron chi connectivity index (χ2n) is 8.33. The molecule has 3 amide bonds. The van der Waals surface area contributed by atoms with E-state index in [-0.39, 0.29) is 41.4 Å². The van der Waals surface area contributed by atoms with Crippen molar-refractivity contribution < 1.29 is 14.4 Å². The molecule has 5 heteroatoms. The van der Waals surface area contributed by atoms with Crippen LogP contribution >= 0.6 is 0 Å². The lowest BCUT2D eigenvalue weighted by Crippen LogP contribution is -2.34. The van der Waals surface area contributed by atoms with Gasteiger partial charge in [0.15, 0.2) is 0 Å². The van der Waals surface area contributed by atoms with E-state index in [0.717, 1.165) is 37.9 Å². The topological polar surface area (TPSA) is 57.7 Å². The first-order chi connectivity index (χ1) is 13.6. The summed E-state index contributed by atoms with van der Waals surface area (Å²) >= 11 is 0. The van der Waals surface area contributed by atoms with Crippen LogP contribution in [0.4, 0.5) is 5.69 Å². The van der Waals surface area contributed by atoms with Crippen molar-refractivity contribution in [1.82, 2.24) is 4.90 Å². The molecule has 1 aromatic rings. The number of fused-ring (bicyclic) bond motifs is 5. The summed E-state index contributed by atoms with van der Waals surface area (Å²) in [6.07, 6.45) is 11.8. The quantitative estimate of drug-likeness (QED) is 0.463. The molecule has 1 aromatic carbocycles. The van der Waals surface area contributed by atoms with E-state index in [1.165, 1.54) is 11.3 Å². The average Bonchev–Trinajstić information content (AvgIpc) is 3.41. The Morgan fingerprint density at radius 1 is 0.964 bits per heavy atom. The van der Waals surface area contributed by atoms with E-state index < -0.39 is 0 Å². The molecule has 2 bridgehead atoms. The van der Waals surface area contributed by atoms with Crippen molar-refractivity contribution in [3.63, 3.8) is 0 Å². The van der Waals surface area contributed by atoms with Crippen molar-refractivity contribution in [1.29, 1.82) is 0 Å². The second-order valence-corrected chi connectivity index (χ2v) is 8.33. The number of carbonyl (C=O) groups excluding carboxylic acids is 3. The fraction of sp³-hybridized carbons (Fsp3) is 0.435. The van der Waals surface area contributed by atoms with Crippen molar-refractivity contribution in [3.05, 3.63) is 48.1 Å². The molecule has 28 heavy (non-hydrogen) atoms. The predicted molar refractivity (Wildman–Crippen MR) is 106 cm³/mol.